The molecule has 1 atom stereocenters. The molecule has 20 heavy (non-hydrogen) atoms. The topological polar surface area (TPSA) is 15.3 Å². The molecule has 0 aromatic heterocycles. The van der Waals surface area contributed by atoms with Crippen LogP contribution in [0, 0.1) is 0 Å². The standard InChI is InChI=1S/C18H24N2/c1-19-18(14-20-12-5-2-6-13-20)17-11-7-9-15-8-3-4-10-16(15)17/h3-4,7-11,18-19H,2,5-6,12-14H2,1H3. The molecule has 0 amide bonds. The zero-order valence-electron chi connectivity index (χ0n) is 12.3. The molecule has 1 unspecified atom stereocenters. The maximum Gasteiger partial charge on any atom is 0.0453 e. The van der Waals surface area contributed by atoms with Crippen molar-refractivity contribution in [2.45, 2.75) is 25.3 Å². The van der Waals surface area contributed by atoms with Gasteiger partial charge in [0.15, 0.2) is 0 Å². The average Bonchev–Trinajstić information content (AvgIpc) is 2.53. The molecular weight excluding hydrogens is 244 g/mol. The molecule has 0 spiro atoms. The van der Waals surface area contributed by atoms with E-state index in [4.69, 9.17) is 0 Å². The van der Waals surface area contributed by atoms with E-state index in [1.807, 2.05) is 0 Å². The van der Waals surface area contributed by atoms with E-state index in [9.17, 15) is 0 Å². The molecule has 1 aliphatic heterocycles. The van der Waals surface area contributed by atoms with E-state index >= 15 is 0 Å². The van der Waals surface area contributed by atoms with Gasteiger partial charge in [0.05, 0.1) is 0 Å². The van der Waals surface area contributed by atoms with Crippen molar-refractivity contribution in [1.29, 1.82) is 0 Å². The van der Waals surface area contributed by atoms with Crippen molar-refractivity contribution in [3.8, 4) is 0 Å². The van der Waals surface area contributed by atoms with Gasteiger partial charge < -0.3 is 10.2 Å². The molecule has 2 aromatic carbocycles. The summed E-state index contributed by atoms with van der Waals surface area (Å²) < 4.78 is 0. The molecule has 0 aliphatic carbocycles. The van der Waals surface area contributed by atoms with Gasteiger partial charge in [-0.15, -0.1) is 0 Å². The third-order valence-corrected chi connectivity index (χ3v) is 4.44. The Balaban J connectivity index is 1.86. The van der Waals surface area contributed by atoms with Gasteiger partial charge in [0.1, 0.15) is 0 Å². The highest BCUT2D eigenvalue weighted by atomic mass is 15.1. The molecule has 0 saturated carbocycles. The van der Waals surface area contributed by atoms with Gasteiger partial charge in [-0.3, -0.25) is 0 Å². The van der Waals surface area contributed by atoms with E-state index in [1.165, 1.54) is 48.7 Å². The molecule has 2 heteroatoms. The molecule has 3 rings (SSSR count). The quantitative estimate of drug-likeness (QED) is 0.911. The number of nitrogens with one attached hydrogen (secondary N) is 1. The number of nitrogens with zero attached hydrogens (tertiary/aromatic N) is 1. The van der Waals surface area contributed by atoms with Crippen LogP contribution in [0.4, 0.5) is 0 Å². The predicted molar refractivity (Wildman–Crippen MR) is 86.0 cm³/mol. The summed E-state index contributed by atoms with van der Waals surface area (Å²) in [5.74, 6) is 0. The van der Waals surface area contributed by atoms with E-state index in [0.717, 1.165) is 6.54 Å². The first-order valence-electron chi connectivity index (χ1n) is 7.76. The van der Waals surface area contributed by atoms with Crippen LogP contribution in [-0.4, -0.2) is 31.6 Å². The van der Waals surface area contributed by atoms with E-state index in [1.54, 1.807) is 0 Å². The van der Waals surface area contributed by atoms with Crippen molar-refractivity contribution in [2.24, 2.45) is 0 Å². The number of fused-ring (bicyclic) bond motifs is 1. The number of likely N-dealkylation sites (N-methyl/N-ethyl adjacent to an activating group) is 1. The lowest BCUT2D eigenvalue weighted by Gasteiger charge is -2.31. The SMILES string of the molecule is CNC(CN1CCCCC1)c1cccc2ccccc12. The molecule has 0 bridgehead atoms. The van der Waals surface area contributed by atoms with E-state index in [2.05, 4.69) is 59.7 Å². The molecule has 2 nitrogen and oxygen atoms in total. The van der Waals surface area contributed by atoms with Gasteiger partial charge in [0, 0.05) is 12.6 Å². The van der Waals surface area contributed by atoms with Gasteiger partial charge in [-0.2, -0.15) is 0 Å². The van der Waals surface area contributed by atoms with Gasteiger partial charge in [-0.05, 0) is 49.3 Å². The van der Waals surface area contributed by atoms with Gasteiger partial charge in [0.25, 0.3) is 0 Å². The molecule has 1 saturated heterocycles. The van der Waals surface area contributed by atoms with Crippen LogP contribution < -0.4 is 5.32 Å². The number of likely N-dealkylation sites (tertiary alicyclic amines) is 1. The lowest BCUT2D eigenvalue weighted by atomic mass is 9.98. The van der Waals surface area contributed by atoms with Gasteiger partial charge in [-0.1, -0.05) is 48.9 Å². The van der Waals surface area contributed by atoms with Crippen molar-refractivity contribution in [2.75, 3.05) is 26.7 Å². The van der Waals surface area contributed by atoms with Gasteiger partial charge >= 0.3 is 0 Å². The highest BCUT2D eigenvalue weighted by Crippen LogP contribution is 2.25. The minimum absolute atomic E-state index is 0.416. The fraction of sp³-hybridized carbons (Fsp3) is 0.444. The maximum atomic E-state index is 3.52. The Morgan fingerprint density at radius 3 is 2.55 bits per heavy atom. The van der Waals surface area contributed by atoms with Crippen LogP contribution in [0.1, 0.15) is 30.9 Å². The first-order valence-corrected chi connectivity index (χ1v) is 7.76. The van der Waals surface area contributed by atoms with Crippen LogP contribution in [0.3, 0.4) is 0 Å². The predicted octanol–water partition coefficient (Wildman–Crippen LogP) is 3.59. The van der Waals surface area contributed by atoms with Crippen LogP contribution >= 0.6 is 0 Å². The summed E-state index contributed by atoms with van der Waals surface area (Å²) in [5.41, 5.74) is 1.43. The Morgan fingerprint density at radius 2 is 1.75 bits per heavy atom. The Labute approximate surface area is 121 Å². The van der Waals surface area contributed by atoms with Crippen molar-refractivity contribution < 1.29 is 0 Å². The fourth-order valence-corrected chi connectivity index (χ4v) is 3.30. The largest absolute Gasteiger partial charge is 0.312 e. The Bertz CT molecular complexity index is 553. The minimum Gasteiger partial charge on any atom is -0.312 e. The summed E-state index contributed by atoms with van der Waals surface area (Å²) in [7, 11) is 2.08. The van der Waals surface area contributed by atoms with Crippen molar-refractivity contribution in [3.05, 3.63) is 48.0 Å². The number of hydrogen-bond acceptors (Lipinski definition) is 2. The van der Waals surface area contributed by atoms with Crippen LogP contribution in [0.25, 0.3) is 10.8 Å². The molecule has 1 aliphatic rings. The Morgan fingerprint density at radius 1 is 1.00 bits per heavy atom. The normalized spacial score (nSPS) is 18.2. The fourth-order valence-electron chi connectivity index (χ4n) is 3.30. The summed E-state index contributed by atoms with van der Waals surface area (Å²) >= 11 is 0. The van der Waals surface area contributed by atoms with Crippen molar-refractivity contribution in [3.63, 3.8) is 0 Å². The smallest absolute Gasteiger partial charge is 0.0453 e. The Hall–Kier alpha value is -1.38. The maximum absolute atomic E-state index is 3.52. The van der Waals surface area contributed by atoms with E-state index in [-0.39, 0.29) is 0 Å². The second-order valence-electron chi connectivity index (χ2n) is 5.77. The van der Waals surface area contributed by atoms with Crippen LogP contribution in [0.15, 0.2) is 42.5 Å². The lowest BCUT2D eigenvalue weighted by Crippen LogP contribution is -2.37. The number of rotatable bonds is 4. The molecular formula is C18H24N2. The Kier molecular flexibility index (Phi) is 4.34. The zero-order valence-corrected chi connectivity index (χ0v) is 12.3. The van der Waals surface area contributed by atoms with Crippen LogP contribution in [-0.2, 0) is 0 Å². The molecule has 1 heterocycles. The third kappa shape index (κ3) is 2.87. The summed E-state index contributed by atoms with van der Waals surface area (Å²) in [5, 5.41) is 6.23. The van der Waals surface area contributed by atoms with E-state index < -0.39 is 0 Å². The zero-order chi connectivity index (χ0) is 13.8. The van der Waals surface area contributed by atoms with Gasteiger partial charge in [0.2, 0.25) is 0 Å². The summed E-state index contributed by atoms with van der Waals surface area (Å²) in [6.45, 7) is 3.62. The molecule has 106 valence electrons. The van der Waals surface area contributed by atoms with Crippen LogP contribution in [0.5, 0.6) is 0 Å². The van der Waals surface area contributed by atoms with E-state index in [0.29, 0.717) is 6.04 Å². The highest BCUT2D eigenvalue weighted by Gasteiger charge is 2.18. The lowest BCUT2D eigenvalue weighted by molar-refractivity contribution is 0.208. The number of piperidine rings is 1. The second kappa shape index (κ2) is 6.38. The number of hydrogen-bond donors (Lipinski definition) is 1. The van der Waals surface area contributed by atoms with Crippen LogP contribution in [0.2, 0.25) is 0 Å². The second-order valence-corrected chi connectivity index (χ2v) is 5.77. The first-order chi connectivity index (χ1) is 9.88. The van der Waals surface area contributed by atoms with Crippen molar-refractivity contribution in [1.82, 2.24) is 10.2 Å². The first kappa shape index (κ1) is 13.6. The summed E-state index contributed by atoms with van der Waals surface area (Å²) in [6.07, 6.45) is 4.10. The van der Waals surface area contributed by atoms with Crippen molar-refractivity contribution >= 4 is 10.8 Å². The average molecular weight is 268 g/mol. The van der Waals surface area contributed by atoms with Gasteiger partial charge in [-0.25, -0.2) is 0 Å². The molecule has 1 fully saturated rings. The monoisotopic (exact) mass is 268 g/mol. The molecule has 0 radical (unpaired) electrons. The minimum atomic E-state index is 0.416. The molecule has 2 aromatic rings. The summed E-state index contributed by atoms with van der Waals surface area (Å²) in [6, 6.07) is 15.8. The number of benzene rings is 2. The summed E-state index contributed by atoms with van der Waals surface area (Å²) in [4.78, 5) is 2.60. The third-order valence-electron chi connectivity index (χ3n) is 4.44. The highest BCUT2D eigenvalue weighted by molar-refractivity contribution is 5.86. The molecule has 1 N–H and O–H groups in total.